The minimum absolute atomic E-state index is 0.0816. The maximum atomic E-state index is 11.6. The number of rotatable bonds is 7. The lowest BCUT2D eigenvalue weighted by Crippen LogP contribution is -2.09. The number of hydrogen-bond acceptors (Lipinski definition) is 4. The van der Waals surface area contributed by atoms with Gasteiger partial charge in [-0.25, -0.2) is 4.98 Å². The number of nitrogens with zero attached hydrogens (tertiary/aromatic N) is 2. The van der Waals surface area contributed by atoms with E-state index in [9.17, 15) is 9.90 Å². The van der Waals surface area contributed by atoms with Crippen molar-refractivity contribution in [1.29, 1.82) is 0 Å². The Balaban J connectivity index is 1.51. The Morgan fingerprint density at radius 1 is 0.765 bits per heavy atom. The molecule has 0 fully saturated rings. The molecular formula is C29H22N2O2S. The van der Waals surface area contributed by atoms with E-state index in [0.717, 1.165) is 37.8 Å². The van der Waals surface area contributed by atoms with Gasteiger partial charge in [-0.3, -0.25) is 4.79 Å². The summed E-state index contributed by atoms with van der Waals surface area (Å²) >= 11 is 1.52. The van der Waals surface area contributed by atoms with Gasteiger partial charge in [-0.2, -0.15) is 0 Å². The van der Waals surface area contributed by atoms with Crippen molar-refractivity contribution in [2.45, 2.75) is 6.42 Å². The van der Waals surface area contributed by atoms with Gasteiger partial charge in [0.05, 0.1) is 16.6 Å². The van der Waals surface area contributed by atoms with Gasteiger partial charge in [-0.15, -0.1) is 11.3 Å². The van der Waals surface area contributed by atoms with Gasteiger partial charge in [0.2, 0.25) is 0 Å². The van der Waals surface area contributed by atoms with Gasteiger partial charge in [-0.1, -0.05) is 60.7 Å². The van der Waals surface area contributed by atoms with Crippen LogP contribution in [-0.2, 0) is 4.79 Å². The molecule has 5 heteroatoms. The standard InChI is InChI=1S/C29H22N2O2S/c32-28(33)20-22(29-30-26-13-7-8-14-27(26)34-29)19-21-15-17-25(18-16-21)31(23-9-3-1-4-10-23)24-11-5-2-6-12-24/h1-19H,20H2,(H,32,33). The number of carboxylic acids is 1. The molecule has 0 saturated carbocycles. The molecule has 5 aromatic rings. The Hall–Kier alpha value is -4.22. The zero-order chi connectivity index (χ0) is 23.3. The predicted octanol–water partition coefficient (Wildman–Crippen LogP) is 7.78. The average molecular weight is 463 g/mol. The molecule has 1 aromatic heterocycles. The largest absolute Gasteiger partial charge is 0.481 e. The quantitative estimate of drug-likeness (QED) is 0.268. The molecule has 5 rings (SSSR count). The van der Waals surface area contributed by atoms with Crippen molar-refractivity contribution in [2.75, 3.05) is 4.90 Å². The molecule has 166 valence electrons. The van der Waals surface area contributed by atoms with Crippen molar-refractivity contribution >= 4 is 56.2 Å². The summed E-state index contributed by atoms with van der Waals surface area (Å²) in [5.41, 5.74) is 5.67. The fourth-order valence-corrected chi connectivity index (χ4v) is 4.86. The number of fused-ring (bicyclic) bond motifs is 1. The van der Waals surface area contributed by atoms with Crippen LogP contribution >= 0.6 is 11.3 Å². The van der Waals surface area contributed by atoms with Crippen molar-refractivity contribution in [3.05, 3.63) is 120 Å². The number of aliphatic carboxylic acids is 1. The highest BCUT2D eigenvalue weighted by atomic mass is 32.1. The van der Waals surface area contributed by atoms with E-state index in [-0.39, 0.29) is 6.42 Å². The molecule has 0 atom stereocenters. The topological polar surface area (TPSA) is 53.4 Å². The molecular weight excluding hydrogens is 440 g/mol. The van der Waals surface area contributed by atoms with Crippen LogP contribution in [0.3, 0.4) is 0 Å². The van der Waals surface area contributed by atoms with Gasteiger partial charge in [0.25, 0.3) is 0 Å². The van der Waals surface area contributed by atoms with Gasteiger partial charge in [0, 0.05) is 17.1 Å². The Kier molecular flexibility index (Phi) is 6.19. The van der Waals surface area contributed by atoms with Gasteiger partial charge >= 0.3 is 5.97 Å². The summed E-state index contributed by atoms with van der Waals surface area (Å²) in [6.07, 6.45) is 1.84. The molecule has 34 heavy (non-hydrogen) atoms. The first-order chi connectivity index (χ1) is 16.7. The van der Waals surface area contributed by atoms with Crippen LogP contribution in [0.15, 0.2) is 109 Å². The molecule has 0 bridgehead atoms. The third kappa shape index (κ3) is 4.75. The third-order valence-corrected chi connectivity index (χ3v) is 6.54. The molecule has 0 amide bonds. The number of carbonyl (C=O) groups is 1. The molecule has 0 radical (unpaired) electrons. The molecule has 0 aliphatic rings. The second-order valence-electron chi connectivity index (χ2n) is 7.82. The second-order valence-corrected chi connectivity index (χ2v) is 8.86. The highest BCUT2D eigenvalue weighted by molar-refractivity contribution is 7.19. The van der Waals surface area contributed by atoms with E-state index in [1.807, 2.05) is 78.9 Å². The fraction of sp³-hybridized carbons (Fsp3) is 0.0345. The van der Waals surface area contributed by atoms with Crippen molar-refractivity contribution < 1.29 is 9.90 Å². The summed E-state index contributed by atoms with van der Waals surface area (Å²) in [4.78, 5) is 18.4. The average Bonchev–Trinajstić information content (AvgIpc) is 3.30. The number of benzene rings is 4. The summed E-state index contributed by atoms with van der Waals surface area (Å²) in [7, 11) is 0. The zero-order valence-corrected chi connectivity index (χ0v) is 19.2. The highest BCUT2D eigenvalue weighted by Gasteiger charge is 2.14. The van der Waals surface area contributed by atoms with Gasteiger partial charge < -0.3 is 10.0 Å². The van der Waals surface area contributed by atoms with E-state index < -0.39 is 5.97 Å². The SMILES string of the molecule is O=C(O)CC(=Cc1ccc(N(c2ccccc2)c2ccccc2)cc1)c1nc2ccccc2s1. The first kappa shape index (κ1) is 21.6. The summed E-state index contributed by atoms with van der Waals surface area (Å²) in [6, 6.07) is 36.5. The van der Waals surface area contributed by atoms with Crippen LogP contribution < -0.4 is 4.90 Å². The van der Waals surface area contributed by atoms with Crippen molar-refractivity contribution in [1.82, 2.24) is 4.98 Å². The first-order valence-corrected chi connectivity index (χ1v) is 11.8. The monoisotopic (exact) mass is 462 g/mol. The van der Waals surface area contributed by atoms with E-state index in [1.54, 1.807) is 0 Å². The Bertz CT molecular complexity index is 1370. The van der Waals surface area contributed by atoms with Crippen LogP contribution in [0.25, 0.3) is 21.9 Å². The highest BCUT2D eigenvalue weighted by Crippen LogP contribution is 2.35. The maximum absolute atomic E-state index is 11.6. The molecule has 0 spiro atoms. The second kappa shape index (κ2) is 9.73. The van der Waals surface area contributed by atoms with Crippen LogP contribution in [0.4, 0.5) is 17.1 Å². The lowest BCUT2D eigenvalue weighted by atomic mass is 10.1. The molecule has 4 aromatic carbocycles. The van der Waals surface area contributed by atoms with E-state index in [0.29, 0.717) is 5.57 Å². The third-order valence-electron chi connectivity index (χ3n) is 5.43. The van der Waals surface area contributed by atoms with E-state index >= 15 is 0 Å². The van der Waals surface area contributed by atoms with Gasteiger partial charge in [-0.05, 0) is 65.7 Å². The Morgan fingerprint density at radius 3 is 1.91 bits per heavy atom. The molecule has 4 nitrogen and oxygen atoms in total. The number of carboxylic acid groups (broad SMARTS) is 1. The Labute approximate surface area is 202 Å². The van der Waals surface area contributed by atoms with Gasteiger partial charge in [0.1, 0.15) is 5.01 Å². The van der Waals surface area contributed by atoms with E-state index in [1.165, 1.54) is 11.3 Å². The van der Waals surface area contributed by atoms with Crippen LogP contribution in [0.1, 0.15) is 17.0 Å². The summed E-state index contributed by atoms with van der Waals surface area (Å²) in [6.45, 7) is 0. The minimum atomic E-state index is -0.874. The predicted molar refractivity (Wildman–Crippen MR) is 141 cm³/mol. The van der Waals surface area contributed by atoms with Gasteiger partial charge in [0.15, 0.2) is 0 Å². The lowest BCUT2D eigenvalue weighted by molar-refractivity contribution is -0.135. The van der Waals surface area contributed by atoms with Crippen LogP contribution in [0.2, 0.25) is 0 Å². The summed E-state index contributed by atoms with van der Waals surface area (Å²) in [5, 5.41) is 10.2. The van der Waals surface area contributed by atoms with Crippen LogP contribution in [0, 0.1) is 0 Å². The van der Waals surface area contributed by atoms with Crippen molar-refractivity contribution in [3.63, 3.8) is 0 Å². The zero-order valence-electron chi connectivity index (χ0n) is 18.3. The van der Waals surface area contributed by atoms with E-state index in [2.05, 4.69) is 46.3 Å². The minimum Gasteiger partial charge on any atom is -0.481 e. The molecule has 0 aliphatic carbocycles. The molecule has 1 N–H and O–H groups in total. The Morgan fingerprint density at radius 2 is 1.32 bits per heavy atom. The number of para-hydroxylation sites is 3. The summed E-state index contributed by atoms with van der Waals surface area (Å²) < 4.78 is 1.05. The fourth-order valence-electron chi connectivity index (χ4n) is 3.88. The van der Waals surface area contributed by atoms with Crippen LogP contribution in [-0.4, -0.2) is 16.1 Å². The molecule has 0 aliphatic heterocycles. The molecule has 1 heterocycles. The van der Waals surface area contributed by atoms with Crippen LogP contribution in [0.5, 0.6) is 0 Å². The normalized spacial score (nSPS) is 11.5. The van der Waals surface area contributed by atoms with Crippen molar-refractivity contribution in [3.8, 4) is 0 Å². The first-order valence-electron chi connectivity index (χ1n) is 11.0. The maximum Gasteiger partial charge on any atom is 0.307 e. The number of aromatic nitrogens is 1. The molecule has 0 saturated heterocycles. The number of hydrogen-bond donors (Lipinski definition) is 1. The summed E-state index contributed by atoms with van der Waals surface area (Å²) in [5.74, 6) is -0.874. The van der Waals surface area contributed by atoms with E-state index in [4.69, 9.17) is 0 Å². The lowest BCUT2D eigenvalue weighted by Gasteiger charge is -2.25. The molecule has 0 unspecified atom stereocenters. The smallest absolute Gasteiger partial charge is 0.307 e. The number of anilines is 3. The van der Waals surface area contributed by atoms with Crippen molar-refractivity contribution in [2.24, 2.45) is 0 Å². The number of thiazole rings is 1.